The second kappa shape index (κ2) is 4.07. The third kappa shape index (κ3) is 1.83. The van der Waals surface area contributed by atoms with Gasteiger partial charge in [0.05, 0.1) is 11.4 Å². The number of nitrogens with zero attached hydrogens (tertiary/aromatic N) is 1. The summed E-state index contributed by atoms with van der Waals surface area (Å²) in [6, 6.07) is 7.95. The molecule has 0 saturated heterocycles. The van der Waals surface area contributed by atoms with Crippen LogP contribution >= 0.6 is 0 Å². The van der Waals surface area contributed by atoms with Crippen molar-refractivity contribution in [3.8, 4) is 0 Å². The Balaban J connectivity index is 2.27. The molecule has 0 bridgehead atoms. The highest BCUT2D eigenvalue weighted by atomic mass is 16.3. The molecule has 1 aliphatic heterocycles. The number of benzene rings is 1. The first kappa shape index (κ1) is 8.97. The molecule has 14 heavy (non-hydrogen) atoms. The summed E-state index contributed by atoms with van der Waals surface area (Å²) < 4.78 is 0. The van der Waals surface area contributed by atoms with Gasteiger partial charge in [-0.15, -0.1) is 0 Å². The second-order valence-corrected chi connectivity index (χ2v) is 3.11. The molecule has 1 aromatic carbocycles. The van der Waals surface area contributed by atoms with Crippen molar-refractivity contribution in [3.05, 3.63) is 35.9 Å². The molecule has 0 aliphatic carbocycles. The monoisotopic (exact) mass is 188 g/mol. The van der Waals surface area contributed by atoms with Crippen molar-refractivity contribution in [3.63, 3.8) is 0 Å². The topological polar surface area (TPSA) is 44.6 Å². The molecule has 72 valence electrons. The third-order valence-corrected chi connectivity index (χ3v) is 2.10. The fourth-order valence-electron chi connectivity index (χ4n) is 1.35. The van der Waals surface area contributed by atoms with E-state index in [0.29, 0.717) is 6.42 Å². The minimum atomic E-state index is 0.126. The van der Waals surface area contributed by atoms with Crippen molar-refractivity contribution in [1.82, 2.24) is 0 Å². The molecule has 2 rings (SSSR count). The molecule has 0 aromatic heterocycles. The summed E-state index contributed by atoms with van der Waals surface area (Å²) in [7, 11) is 0. The Morgan fingerprint density at radius 3 is 2.93 bits per heavy atom. The first-order valence-corrected chi connectivity index (χ1v) is 4.61. The second-order valence-electron chi connectivity index (χ2n) is 3.11. The van der Waals surface area contributed by atoms with E-state index in [1.165, 1.54) is 0 Å². The van der Waals surface area contributed by atoms with Crippen LogP contribution in [0.25, 0.3) is 6.08 Å². The van der Waals surface area contributed by atoms with Crippen LogP contribution in [0.15, 0.2) is 35.4 Å². The minimum Gasteiger partial charge on any atom is -0.396 e. The van der Waals surface area contributed by atoms with E-state index in [2.05, 4.69) is 10.5 Å². The van der Waals surface area contributed by atoms with Gasteiger partial charge in [0.25, 0.3) is 0 Å². The van der Waals surface area contributed by atoms with Crippen molar-refractivity contribution in [1.29, 1.82) is 0 Å². The molecule has 0 atom stereocenters. The first-order valence-electron chi connectivity index (χ1n) is 4.61. The average Bonchev–Trinajstić information content (AvgIpc) is 2.42. The number of allylic oxidation sites excluding steroid dienone is 1. The predicted molar refractivity (Wildman–Crippen MR) is 58.2 cm³/mol. The van der Waals surface area contributed by atoms with Crippen LogP contribution in [0.2, 0.25) is 0 Å². The SMILES string of the molecule is OCCC1=NNc2ccccc2C=C1. The number of aliphatic hydroxyl groups is 1. The van der Waals surface area contributed by atoms with Crippen LogP contribution in [0.4, 0.5) is 5.69 Å². The molecule has 0 fully saturated rings. The van der Waals surface area contributed by atoms with Crippen molar-refractivity contribution >= 4 is 17.5 Å². The number of hydrazone groups is 1. The van der Waals surface area contributed by atoms with Gasteiger partial charge < -0.3 is 5.11 Å². The van der Waals surface area contributed by atoms with Gasteiger partial charge in [0.2, 0.25) is 0 Å². The Bertz CT molecular complexity index is 383. The summed E-state index contributed by atoms with van der Waals surface area (Å²) in [5.74, 6) is 0. The summed E-state index contributed by atoms with van der Waals surface area (Å²) in [6.07, 6.45) is 4.51. The standard InChI is InChI=1S/C11H12N2O/c14-8-7-10-6-5-9-3-1-2-4-11(9)13-12-10/h1-6,13-14H,7-8H2. The number of fused-ring (bicyclic) bond motifs is 1. The zero-order valence-corrected chi connectivity index (χ0v) is 7.77. The average molecular weight is 188 g/mol. The molecule has 1 heterocycles. The van der Waals surface area contributed by atoms with Crippen molar-refractivity contribution < 1.29 is 5.11 Å². The number of hydrogen-bond acceptors (Lipinski definition) is 3. The summed E-state index contributed by atoms with van der Waals surface area (Å²) in [6.45, 7) is 0.126. The Kier molecular flexibility index (Phi) is 2.60. The Morgan fingerprint density at radius 1 is 1.21 bits per heavy atom. The Labute approximate surface area is 82.8 Å². The zero-order valence-electron chi connectivity index (χ0n) is 7.77. The van der Waals surface area contributed by atoms with Crippen LogP contribution in [0.5, 0.6) is 0 Å². The minimum absolute atomic E-state index is 0.126. The number of aliphatic hydroxyl groups excluding tert-OH is 1. The number of hydrogen-bond donors (Lipinski definition) is 2. The Morgan fingerprint density at radius 2 is 2.07 bits per heavy atom. The van der Waals surface area contributed by atoms with Crippen molar-refractivity contribution in [2.75, 3.05) is 12.0 Å². The van der Waals surface area contributed by atoms with E-state index in [1.54, 1.807) is 0 Å². The van der Waals surface area contributed by atoms with Gasteiger partial charge in [-0.05, 0) is 17.7 Å². The lowest BCUT2D eigenvalue weighted by Gasteiger charge is -2.02. The molecule has 0 spiro atoms. The lowest BCUT2D eigenvalue weighted by atomic mass is 10.1. The maximum absolute atomic E-state index is 8.78. The maximum Gasteiger partial charge on any atom is 0.0634 e. The van der Waals surface area contributed by atoms with Gasteiger partial charge in [0.15, 0.2) is 0 Å². The number of nitrogens with one attached hydrogen (secondary N) is 1. The molecule has 3 nitrogen and oxygen atoms in total. The smallest absolute Gasteiger partial charge is 0.0634 e. The summed E-state index contributed by atoms with van der Waals surface area (Å²) >= 11 is 0. The molecule has 0 unspecified atom stereocenters. The van der Waals surface area contributed by atoms with E-state index in [-0.39, 0.29) is 6.61 Å². The fraction of sp³-hybridized carbons (Fsp3) is 0.182. The summed E-state index contributed by atoms with van der Waals surface area (Å²) in [4.78, 5) is 0. The van der Waals surface area contributed by atoms with Crippen LogP contribution in [0, 0.1) is 0 Å². The zero-order chi connectivity index (χ0) is 9.80. The lowest BCUT2D eigenvalue weighted by molar-refractivity contribution is 0.307. The summed E-state index contributed by atoms with van der Waals surface area (Å²) in [5, 5.41) is 13.0. The molecule has 3 heteroatoms. The van der Waals surface area contributed by atoms with Crippen molar-refractivity contribution in [2.24, 2.45) is 5.10 Å². The van der Waals surface area contributed by atoms with Gasteiger partial charge >= 0.3 is 0 Å². The third-order valence-electron chi connectivity index (χ3n) is 2.10. The molecule has 0 saturated carbocycles. The summed E-state index contributed by atoms with van der Waals surface area (Å²) in [5.41, 5.74) is 5.95. The number of para-hydroxylation sites is 1. The molecule has 0 radical (unpaired) electrons. The highest BCUT2D eigenvalue weighted by Crippen LogP contribution is 2.18. The lowest BCUT2D eigenvalue weighted by Crippen LogP contribution is -1.99. The molecule has 0 amide bonds. The van der Waals surface area contributed by atoms with Gasteiger partial charge in [0.1, 0.15) is 0 Å². The van der Waals surface area contributed by atoms with Crippen LogP contribution in [0.1, 0.15) is 12.0 Å². The van der Waals surface area contributed by atoms with E-state index in [4.69, 9.17) is 5.11 Å². The van der Waals surface area contributed by atoms with Crippen LogP contribution < -0.4 is 5.43 Å². The van der Waals surface area contributed by atoms with E-state index < -0.39 is 0 Å². The Hall–Kier alpha value is -1.61. The molecular weight excluding hydrogens is 176 g/mol. The largest absolute Gasteiger partial charge is 0.396 e. The quantitative estimate of drug-likeness (QED) is 0.744. The van der Waals surface area contributed by atoms with E-state index in [0.717, 1.165) is 17.0 Å². The van der Waals surface area contributed by atoms with Gasteiger partial charge in [0, 0.05) is 13.0 Å². The molecular formula is C11H12N2O. The predicted octanol–water partition coefficient (Wildman–Crippen LogP) is 1.86. The van der Waals surface area contributed by atoms with Gasteiger partial charge in [-0.3, -0.25) is 5.43 Å². The maximum atomic E-state index is 8.78. The van der Waals surface area contributed by atoms with E-state index in [9.17, 15) is 0 Å². The van der Waals surface area contributed by atoms with Gasteiger partial charge in [-0.25, -0.2) is 0 Å². The van der Waals surface area contributed by atoms with Crippen molar-refractivity contribution in [2.45, 2.75) is 6.42 Å². The van der Waals surface area contributed by atoms with Crippen LogP contribution in [0.3, 0.4) is 0 Å². The first-order chi connectivity index (χ1) is 6.90. The fourth-order valence-corrected chi connectivity index (χ4v) is 1.35. The van der Waals surface area contributed by atoms with Crippen LogP contribution in [-0.4, -0.2) is 17.4 Å². The highest BCUT2D eigenvalue weighted by molar-refractivity contribution is 6.00. The number of anilines is 1. The highest BCUT2D eigenvalue weighted by Gasteiger charge is 2.02. The number of rotatable bonds is 2. The van der Waals surface area contributed by atoms with Gasteiger partial charge in [-0.2, -0.15) is 5.10 Å². The van der Waals surface area contributed by atoms with Gasteiger partial charge in [-0.1, -0.05) is 24.3 Å². The van der Waals surface area contributed by atoms with E-state index in [1.807, 2.05) is 36.4 Å². The molecule has 2 N–H and O–H groups in total. The normalized spacial score (nSPS) is 13.9. The van der Waals surface area contributed by atoms with E-state index >= 15 is 0 Å². The molecule has 1 aliphatic rings. The van der Waals surface area contributed by atoms with Crippen LogP contribution in [-0.2, 0) is 0 Å². The molecule has 1 aromatic rings.